The molecule has 0 fully saturated rings. The highest BCUT2D eigenvalue weighted by Crippen LogP contribution is 2.28. The number of ketones is 1. The van der Waals surface area contributed by atoms with Gasteiger partial charge in [-0.3, -0.25) is 4.79 Å². The largest absolute Gasteiger partial charge is 0.493 e. The summed E-state index contributed by atoms with van der Waals surface area (Å²) in [4.78, 5) is 12.1. The lowest BCUT2D eigenvalue weighted by atomic mass is 10.1. The predicted octanol–water partition coefficient (Wildman–Crippen LogP) is 4.25. The number of rotatable bonds is 5. The summed E-state index contributed by atoms with van der Waals surface area (Å²) in [6.07, 6.45) is 3.20. The number of hydrogen-bond acceptors (Lipinski definition) is 3. The van der Waals surface area contributed by atoms with Crippen LogP contribution in [-0.4, -0.2) is 20.0 Å². The van der Waals surface area contributed by atoms with Crippen molar-refractivity contribution >= 4 is 23.5 Å². The summed E-state index contributed by atoms with van der Waals surface area (Å²) < 4.78 is 10.4. The second-order valence-electron chi connectivity index (χ2n) is 4.29. The van der Waals surface area contributed by atoms with Gasteiger partial charge in [0, 0.05) is 5.56 Å². The average Bonchev–Trinajstić information content (AvgIpc) is 2.52. The number of ether oxygens (including phenoxy) is 2. The fourth-order valence-electron chi connectivity index (χ4n) is 1.88. The summed E-state index contributed by atoms with van der Waals surface area (Å²) in [6.45, 7) is 0. The van der Waals surface area contributed by atoms with Crippen LogP contribution in [0.4, 0.5) is 0 Å². The van der Waals surface area contributed by atoms with Gasteiger partial charge in [0.1, 0.15) is 0 Å². The van der Waals surface area contributed by atoms with Crippen LogP contribution in [0.15, 0.2) is 48.5 Å². The number of allylic oxidation sites excluding steroid dienone is 1. The van der Waals surface area contributed by atoms with Crippen molar-refractivity contribution in [3.63, 3.8) is 0 Å². The molecule has 4 heteroatoms. The molecular weight excluding hydrogens is 288 g/mol. The first-order chi connectivity index (χ1) is 10.2. The van der Waals surface area contributed by atoms with Crippen molar-refractivity contribution in [3.05, 3.63) is 64.7 Å². The maximum atomic E-state index is 12.1. The Morgan fingerprint density at radius 1 is 1.05 bits per heavy atom. The van der Waals surface area contributed by atoms with Crippen LogP contribution >= 0.6 is 11.6 Å². The predicted molar refractivity (Wildman–Crippen MR) is 84.4 cm³/mol. The van der Waals surface area contributed by atoms with E-state index in [0.717, 1.165) is 5.56 Å². The Bertz CT molecular complexity index is 677. The molecule has 2 rings (SSSR count). The Morgan fingerprint density at radius 3 is 2.43 bits per heavy atom. The van der Waals surface area contributed by atoms with Gasteiger partial charge in [-0.05, 0) is 35.9 Å². The van der Waals surface area contributed by atoms with Crippen molar-refractivity contribution in [3.8, 4) is 11.5 Å². The summed E-state index contributed by atoms with van der Waals surface area (Å²) in [7, 11) is 3.15. The standard InChI is InChI=1S/C17H15ClO3/c1-20-16-10-8-12(11-17(16)21-2)7-9-15(19)13-5-3-4-6-14(13)18/h3-11H,1-2H3/b9-7+. The number of halogens is 1. The average molecular weight is 303 g/mol. The van der Waals surface area contributed by atoms with Gasteiger partial charge in [0.15, 0.2) is 17.3 Å². The van der Waals surface area contributed by atoms with Crippen LogP contribution in [0.25, 0.3) is 6.08 Å². The molecule has 0 saturated heterocycles. The SMILES string of the molecule is COc1ccc(/C=C/C(=O)c2ccccc2Cl)cc1OC. The van der Waals surface area contributed by atoms with Crippen molar-refractivity contribution in [1.82, 2.24) is 0 Å². The Hall–Kier alpha value is -2.26. The van der Waals surface area contributed by atoms with Crippen LogP contribution in [0.2, 0.25) is 5.02 Å². The molecule has 0 aliphatic heterocycles. The molecular formula is C17H15ClO3. The van der Waals surface area contributed by atoms with E-state index < -0.39 is 0 Å². The second kappa shape index (κ2) is 6.95. The van der Waals surface area contributed by atoms with Crippen LogP contribution in [-0.2, 0) is 0 Å². The van der Waals surface area contributed by atoms with Gasteiger partial charge in [-0.25, -0.2) is 0 Å². The van der Waals surface area contributed by atoms with Crippen molar-refractivity contribution in [2.24, 2.45) is 0 Å². The molecule has 108 valence electrons. The van der Waals surface area contributed by atoms with Gasteiger partial charge in [-0.15, -0.1) is 0 Å². The Balaban J connectivity index is 2.22. The van der Waals surface area contributed by atoms with Crippen LogP contribution in [0.1, 0.15) is 15.9 Å². The van der Waals surface area contributed by atoms with Crippen LogP contribution in [0, 0.1) is 0 Å². The molecule has 0 amide bonds. The van der Waals surface area contributed by atoms with E-state index in [1.165, 1.54) is 6.08 Å². The molecule has 0 aromatic heterocycles. The lowest BCUT2D eigenvalue weighted by Gasteiger charge is -2.07. The van der Waals surface area contributed by atoms with E-state index in [-0.39, 0.29) is 5.78 Å². The summed E-state index contributed by atoms with van der Waals surface area (Å²) in [5, 5.41) is 0.444. The van der Waals surface area contributed by atoms with Gasteiger partial charge in [0.2, 0.25) is 0 Å². The molecule has 2 aromatic rings. The normalized spacial score (nSPS) is 10.6. The third-order valence-corrected chi connectivity index (χ3v) is 3.30. The zero-order chi connectivity index (χ0) is 15.2. The van der Waals surface area contributed by atoms with Gasteiger partial charge >= 0.3 is 0 Å². The van der Waals surface area contributed by atoms with E-state index in [1.807, 2.05) is 6.07 Å². The van der Waals surface area contributed by atoms with Gasteiger partial charge in [-0.1, -0.05) is 35.9 Å². The van der Waals surface area contributed by atoms with Crippen molar-refractivity contribution in [1.29, 1.82) is 0 Å². The van der Waals surface area contributed by atoms with Crippen LogP contribution in [0.5, 0.6) is 11.5 Å². The lowest BCUT2D eigenvalue weighted by molar-refractivity contribution is 0.104. The summed E-state index contributed by atoms with van der Waals surface area (Å²) in [5.41, 5.74) is 1.32. The second-order valence-corrected chi connectivity index (χ2v) is 4.70. The molecule has 2 aromatic carbocycles. The molecule has 0 spiro atoms. The highest BCUT2D eigenvalue weighted by atomic mass is 35.5. The zero-order valence-electron chi connectivity index (χ0n) is 11.8. The fraction of sp³-hybridized carbons (Fsp3) is 0.118. The van der Waals surface area contributed by atoms with Gasteiger partial charge < -0.3 is 9.47 Å². The maximum absolute atomic E-state index is 12.1. The maximum Gasteiger partial charge on any atom is 0.187 e. The summed E-state index contributed by atoms with van der Waals surface area (Å²) in [5.74, 6) is 1.12. The molecule has 0 radical (unpaired) electrons. The Kier molecular flexibility index (Phi) is 5.01. The fourth-order valence-corrected chi connectivity index (χ4v) is 2.11. The lowest BCUT2D eigenvalue weighted by Crippen LogP contribution is -1.95. The van der Waals surface area contributed by atoms with E-state index in [1.54, 1.807) is 56.7 Å². The minimum Gasteiger partial charge on any atom is -0.493 e. The first-order valence-corrected chi connectivity index (χ1v) is 6.72. The van der Waals surface area contributed by atoms with Crippen LogP contribution < -0.4 is 9.47 Å². The smallest absolute Gasteiger partial charge is 0.187 e. The number of carbonyl (C=O) groups is 1. The Morgan fingerprint density at radius 2 is 1.76 bits per heavy atom. The molecule has 0 aliphatic carbocycles. The monoisotopic (exact) mass is 302 g/mol. The molecule has 3 nitrogen and oxygen atoms in total. The third-order valence-electron chi connectivity index (χ3n) is 2.97. The third kappa shape index (κ3) is 3.64. The molecule has 0 saturated carbocycles. The van der Waals surface area contributed by atoms with Crippen molar-refractivity contribution in [2.45, 2.75) is 0 Å². The van der Waals surface area contributed by atoms with E-state index in [9.17, 15) is 4.79 Å². The molecule has 0 bridgehead atoms. The number of hydrogen-bond donors (Lipinski definition) is 0. The van der Waals surface area contributed by atoms with Gasteiger partial charge in [0.25, 0.3) is 0 Å². The van der Waals surface area contributed by atoms with Gasteiger partial charge in [0.05, 0.1) is 19.2 Å². The molecule has 0 N–H and O–H groups in total. The quantitative estimate of drug-likeness (QED) is 0.612. The van der Waals surface area contributed by atoms with E-state index in [2.05, 4.69) is 0 Å². The highest BCUT2D eigenvalue weighted by molar-refractivity contribution is 6.34. The number of carbonyl (C=O) groups excluding carboxylic acids is 1. The first-order valence-electron chi connectivity index (χ1n) is 6.34. The van der Waals surface area contributed by atoms with Crippen LogP contribution in [0.3, 0.4) is 0 Å². The molecule has 0 unspecified atom stereocenters. The number of methoxy groups -OCH3 is 2. The van der Waals surface area contributed by atoms with E-state index in [0.29, 0.717) is 22.1 Å². The van der Waals surface area contributed by atoms with Crippen molar-refractivity contribution in [2.75, 3.05) is 14.2 Å². The highest BCUT2D eigenvalue weighted by Gasteiger charge is 2.06. The number of benzene rings is 2. The summed E-state index contributed by atoms with van der Waals surface area (Å²) in [6, 6.07) is 12.4. The minimum atomic E-state index is -0.143. The summed E-state index contributed by atoms with van der Waals surface area (Å²) >= 11 is 6.00. The Labute approximate surface area is 128 Å². The van der Waals surface area contributed by atoms with Gasteiger partial charge in [-0.2, -0.15) is 0 Å². The zero-order valence-corrected chi connectivity index (χ0v) is 12.6. The molecule has 0 aliphatic rings. The minimum absolute atomic E-state index is 0.143. The molecule has 0 heterocycles. The van der Waals surface area contributed by atoms with E-state index >= 15 is 0 Å². The van der Waals surface area contributed by atoms with E-state index in [4.69, 9.17) is 21.1 Å². The van der Waals surface area contributed by atoms with Crippen molar-refractivity contribution < 1.29 is 14.3 Å². The first kappa shape index (κ1) is 15.1. The topological polar surface area (TPSA) is 35.5 Å². The molecule has 21 heavy (non-hydrogen) atoms. The molecule has 0 atom stereocenters.